The van der Waals surface area contributed by atoms with Crippen LogP contribution in [0.1, 0.15) is 5.56 Å². The van der Waals surface area contributed by atoms with Gasteiger partial charge in [-0.05, 0) is 29.8 Å². The number of hydrogen-bond donors (Lipinski definition) is 1. The van der Waals surface area contributed by atoms with E-state index < -0.39 is 44.0 Å². The molecule has 10 heteroatoms. The molecule has 0 aromatic heterocycles. The molecule has 0 bridgehead atoms. The van der Waals surface area contributed by atoms with Crippen LogP contribution in [0.2, 0.25) is 0 Å². The molecular formula is C19H12F5NO3S. The molecule has 0 aliphatic carbocycles. The molecule has 29 heavy (non-hydrogen) atoms. The lowest BCUT2D eigenvalue weighted by Gasteiger charge is -2.12. The molecule has 3 aromatic rings. The number of halogens is 5. The predicted octanol–water partition coefficient (Wildman–Crippen LogP) is 4.76. The zero-order chi connectivity index (χ0) is 21.2. The second kappa shape index (κ2) is 8.08. The quantitative estimate of drug-likeness (QED) is 0.349. The van der Waals surface area contributed by atoms with Crippen LogP contribution in [-0.4, -0.2) is 8.42 Å². The fourth-order valence-electron chi connectivity index (χ4n) is 2.39. The maximum absolute atomic E-state index is 13.8. The number of benzene rings is 3. The molecule has 0 saturated heterocycles. The first-order valence-corrected chi connectivity index (χ1v) is 9.50. The number of ether oxygens (including phenoxy) is 1. The summed E-state index contributed by atoms with van der Waals surface area (Å²) in [6.45, 7) is 0.246. The maximum Gasteiger partial charge on any atom is 0.267 e. The van der Waals surface area contributed by atoms with E-state index in [1.54, 1.807) is 4.72 Å². The van der Waals surface area contributed by atoms with Crippen molar-refractivity contribution in [1.82, 2.24) is 0 Å². The summed E-state index contributed by atoms with van der Waals surface area (Å²) < 4.78 is 98.8. The Labute approximate surface area is 162 Å². The van der Waals surface area contributed by atoms with Crippen molar-refractivity contribution < 1.29 is 35.1 Å². The second-order valence-corrected chi connectivity index (χ2v) is 7.42. The van der Waals surface area contributed by atoms with E-state index in [0.717, 1.165) is 5.56 Å². The van der Waals surface area contributed by atoms with Gasteiger partial charge in [-0.1, -0.05) is 30.3 Å². The van der Waals surface area contributed by atoms with Gasteiger partial charge in [-0.3, -0.25) is 4.72 Å². The summed E-state index contributed by atoms with van der Waals surface area (Å²) >= 11 is 0. The van der Waals surface area contributed by atoms with E-state index in [1.807, 2.05) is 30.3 Å². The Balaban J connectivity index is 1.79. The number of hydrogen-bond acceptors (Lipinski definition) is 3. The smallest absolute Gasteiger partial charge is 0.267 e. The average Bonchev–Trinajstić information content (AvgIpc) is 2.71. The molecular weight excluding hydrogens is 417 g/mol. The van der Waals surface area contributed by atoms with Gasteiger partial charge in [-0.15, -0.1) is 0 Å². The first-order chi connectivity index (χ1) is 13.7. The molecule has 1 N–H and O–H groups in total. The van der Waals surface area contributed by atoms with E-state index in [1.165, 1.54) is 24.3 Å². The molecule has 0 spiro atoms. The first kappa shape index (κ1) is 20.6. The summed E-state index contributed by atoms with van der Waals surface area (Å²) in [6.07, 6.45) is 0. The summed E-state index contributed by atoms with van der Waals surface area (Å²) in [5.41, 5.74) is 0.726. The Morgan fingerprint density at radius 1 is 0.724 bits per heavy atom. The third-order valence-corrected chi connectivity index (χ3v) is 5.19. The Bertz CT molecular complexity index is 1110. The van der Waals surface area contributed by atoms with Crippen molar-refractivity contribution in [3.05, 3.63) is 89.2 Å². The van der Waals surface area contributed by atoms with Crippen molar-refractivity contribution in [2.24, 2.45) is 0 Å². The van der Waals surface area contributed by atoms with Crippen molar-refractivity contribution in [3.63, 3.8) is 0 Å². The number of rotatable bonds is 6. The molecule has 0 amide bonds. The molecule has 0 aliphatic heterocycles. The highest BCUT2D eigenvalue weighted by atomic mass is 32.2. The van der Waals surface area contributed by atoms with Crippen LogP contribution in [0.4, 0.5) is 27.6 Å². The minimum absolute atomic E-state index is 0.166. The third-order valence-electron chi connectivity index (χ3n) is 3.79. The summed E-state index contributed by atoms with van der Waals surface area (Å²) in [5, 5.41) is 0. The molecule has 0 unspecified atom stereocenters. The minimum Gasteiger partial charge on any atom is -0.489 e. The van der Waals surface area contributed by atoms with Gasteiger partial charge in [0.05, 0.1) is 0 Å². The lowest BCUT2D eigenvalue weighted by atomic mass is 10.2. The highest BCUT2D eigenvalue weighted by Gasteiger charge is 2.33. The fraction of sp³-hybridized carbons (Fsp3) is 0.0526. The van der Waals surface area contributed by atoms with Gasteiger partial charge in [0.15, 0.2) is 28.2 Å². The van der Waals surface area contributed by atoms with Gasteiger partial charge in [-0.25, -0.2) is 30.4 Å². The monoisotopic (exact) mass is 429 g/mol. The Morgan fingerprint density at radius 2 is 1.24 bits per heavy atom. The lowest BCUT2D eigenvalue weighted by molar-refractivity contribution is 0.306. The molecule has 0 heterocycles. The van der Waals surface area contributed by atoms with E-state index in [9.17, 15) is 30.4 Å². The van der Waals surface area contributed by atoms with Gasteiger partial charge in [0.25, 0.3) is 10.0 Å². The molecule has 0 fully saturated rings. The van der Waals surface area contributed by atoms with Gasteiger partial charge in [0.1, 0.15) is 12.4 Å². The van der Waals surface area contributed by atoms with E-state index in [2.05, 4.69) is 0 Å². The van der Waals surface area contributed by atoms with Gasteiger partial charge in [-0.2, -0.15) is 0 Å². The van der Waals surface area contributed by atoms with Crippen molar-refractivity contribution in [2.45, 2.75) is 11.5 Å². The van der Waals surface area contributed by atoms with Crippen LogP contribution >= 0.6 is 0 Å². The van der Waals surface area contributed by atoms with Crippen molar-refractivity contribution in [2.75, 3.05) is 4.72 Å². The van der Waals surface area contributed by atoms with Crippen LogP contribution < -0.4 is 9.46 Å². The fourth-order valence-corrected chi connectivity index (χ4v) is 3.59. The molecule has 0 radical (unpaired) electrons. The Morgan fingerprint density at radius 3 is 1.79 bits per heavy atom. The van der Waals surface area contributed by atoms with E-state index >= 15 is 0 Å². The predicted molar refractivity (Wildman–Crippen MR) is 94.3 cm³/mol. The van der Waals surface area contributed by atoms with Gasteiger partial charge in [0, 0.05) is 5.69 Å². The first-order valence-electron chi connectivity index (χ1n) is 8.01. The van der Waals surface area contributed by atoms with Crippen LogP contribution in [0, 0.1) is 29.1 Å². The molecule has 3 aromatic carbocycles. The molecule has 4 nitrogen and oxygen atoms in total. The van der Waals surface area contributed by atoms with Crippen molar-refractivity contribution >= 4 is 15.7 Å². The van der Waals surface area contributed by atoms with Crippen LogP contribution in [0.25, 0.3) is 0 Å². The van der Waals surface area contributed by atoms with E-state index in [0.29, 0.717) is 5.75 Å². The van der Waals surface area contributed by atoms with Crippen molar-refractivity contribution in [3.8, 4) is 5.75 Å². The Kier molecular flexibility index (Phi) is 5.73. The van der Waals surface area contributed by atoms with Gasteiger partial charge in [0.2, 0.25) is 5.82 Å². The largest absolute Gasteiger partial charge is 0.489 e. The molecule has 0 saturated carbocycles. The number of anilines is 1. The average molecular weight is 429 g/mol. The summed E-state index contributed by atoms with van der Waals surface area (Å²) in [7, 11) is -5.09. The number of nitrogens with one attached hydrogen (secondary N) is 1. The van der Waals surface area contributed by atoms with Crippen LogP contribution in [0.15, 0.2) is 59.5 Å². The molecule has 152 valence electrons. The van der Waals surface area contributed by atoms with E-state index in [-0.39, 0.29) is 12.3 Å². The summed E-state index contributed by atoms with van der Waals surface area (Å²) in [6, 6.07) is 14.4. The SMILES string of the molecule is O=S(=O)(Nc1ccc(OCc2ccccc2)cc1)c1c(F)c(F)c(F)c(F)c1F. The van der Waals surface area contributed by atoms with Crippen LogP contribution in [0.3, 0.4) is 0 Å². The summed E-state index contributed by atoms with van der Waals surface area (Å²) in [5.74, 6) is -11.7. The van der Waals surface area contributed by atoms with Crippen LogP contribution in [-0.2, 0) is 16.6 Å². The van der Waals surface area contributed by atoms with Crippen LogP contribution in [0.5, 0.6) is 5.75 Å². The molecule has 0 aliphatic rings. The summed E-state index contributed by atoms with van der Waals surface area (Å²) in [4.78, 5) is -1.96. The minimum atomic E-state index is -5.09. The number of sulfonamides is 1. The zero-order valence-electron chi connectivity index (χ0n) is 14.4. The second-order valence-electron chi connectivity index (χ2n) is 5.80. The Hall–Kier alpha value is -3.14. The zero-order valence-corrected chi connectivity index (χ0v) is 15.2. The highest BCUT2D eigenvalue weighted by molar-refractivity contribution is 7.92. The van der Waals surface area contributed by atoms with E-state index in [4.69, 9.17) is 4.74 Å². The highest BCUT2D eigenvalue weighted by Crippen LogP contribution is 2.28. The van der Waals surface area contributed by atoms with Gasteiger partial charge >= 0.3 is 0 Å². The third kappa shape index (κ3) is 4.32. The molecule has 3 rings (SSSR count). The van der Waals surface area contributed by atoms with Crippen molar-refractivity contribution in [1.29, 1.82) is 0 Å². The van der Waals surface area contributed by atoms with Gasteiger partial charge < -0.3 is 4.74 Å². The standard InChI is InChI=1S/C19H12F5NO3S/c20-14-15(21)17(23)19(18(24)16(14)22)29(26,27)25-12-6-8-13(9-7-12)28-10-11-4-2-1-3-5-11/h1-9,25H,10H2. The topological polar surface area (TPSA) is 55.4 Å². The maximum atomic E-state index is 13.8. The lowest BCUT2D eigenvalue weighted by Crippen LogP contribution is -2.19. The molecule has 0 atom stereocenters. The normalized spacial score (nSPS) is 11.3.